The maximum atomic E-state index is 10.4. The minimum absolute atomic E-state index is 0.293. The molecule has 9 heavy (non-hydrogen) atoms. The van der Waals surface area contributed by atoms with Crippen LogP contribution >= 0.6 is 0 Å². The van der Waals surface area contributed by atoms with Gasteiger partial charge in [-0.25, -0.2) is 5.43 Å². The van der Waals surface area contributed by atoms with E-state index in [1.165, 1.54) is 0 Å². The molecule has 0 aromatic heterocycles. The van der Waals surface area contributed by atoms with Crippen molar-refractivity contribution < 1.29 is 4.79 Å². The van der Waals surface area contributed by atoms with E-state index in [1.54, 1.807) is 0 Å². The normalized spacial score (nSPS) is 27.8. The second-order valence-corrected chi connectivity index (χ2v) is 2.10. The van der Waals surface area contributed by atoms with E-state index < -0.39 is 0 Å². The number of nitrogens with one attached hydrogen (secondary N) is 1. The predicted octanol–water partition coefficient (Wildman–Crippen LogP) is -1.26. The van der Waals surface area contributed by atoms with E-state index in [9.17, 15) is 4.79 Å². The van der Waals surface area contributed by atoms with E-state index in [1.807, 2.05) is 0 Å². The summed E-state index contributed by atoms with van der Waals surface area (Å²) in [6, 6.07) is -0.293. The number of amides is 1. The van der Waals surface area contributed by atoms with E-state index in [-0.39, 0.29) is 11.9 Å². The molecule has 4 nitrogen and oxygen atoms in total. The van der Waals surface area contributed by atoms with E-state index in [0.717, 1.165) is 19.4 Å². The Hall–Kier alpha value is -0.610. The van der Waals surface area contributed by atoms with Gasteiger partial charge in [0.2, 0.25) is 5.91 Å². The molecule has 0 aliphatic carbocycles. The Morgan fingerprint density at radius 2 is 2.56 bits per heavy atom. The molecule has 3 N–H and O–H groups in total. The van der Waals surface area contributed by atoms with Crippen molar-refractivity contribution in [1.29, 1.82) is 0 Å². The fourth-order valence-electron chi connectivity index (χ4n) is 0.820. The molecule has 1 amide bonds. The lowest BCUT2D eigenvalue weighted by Gasteiger charge is -2.18. The zero-order valence-corrected chi connectivity index (χ0v) is 5.13. The Morgan fingerprint density at radius 1 is 1.78 bits per heavy atom. The predicted molar refractivity (Wildman–Crippen MR) is 32.4 cm³/mol. The molecule has 51 valence electrons. The van der Waals surface area contributed by atoms with Gasteiger partial charge in [0.25, 0.3) is 0 Å². The van der Waals surface area contributed by atoms with Gasteiger partial charge in [-0.3, -0.25) is 4.79 Å². The molecule has 1 heterocycles. The average molecular weight is 128 g/mol. The Morgan fingerprint density at radius 3 is 2.89 bits per heavy atom. The van der Waals surface area contributed by atoms with Gasteiger partial charge in [0, 0.05) is 6.54 Å². The molecule has 1 aliphatic rings. The van der Waals surface area contributed by atoms with Crippen molar-refractivity contribution in [2.45, 2.75) is 18.9 Å². The van der Waals surface area contributed by atoms with Crippen LogP contribution in [0.3, 0.4) is 0 Å². The summed E-state index contributed by atoms with van der Waals surface area (Å²) >= 11 is 0. The minimum atomic E-state index is -0.331. The van der Waals surface area contributed by atoms with E-state index in [2.05, 4.69) is 10.9 Å². The number of primary amides is 1. The minimum Gasteiger partial charge on any atom is -0.368 e. The maximum Gasteiger partial charge on any atom is 0.237 e. The highest BCUT2D eigenvalue weighted by Gasteiger charge is 2.18. The topological polar surface area (TPSA) is 69.2 Å². The highest BCUT2D eigenvalue weighted by molar-refractivity contribution is 5.79. The SMILES string of the molecule is NC(=O)C1CCCN[N]1. The van der Waals surface area contributed by atoms with Crippen LogP contribution < -0.4 is 16.6 Å². The van der Waals surface area contributed by atoms with Crippen LogP contribution in [0.5, 0.6) is 0 Å². The molecule has 1 saturated heterocycles. The van der Waals surface area contributed by atoms with Gasteiger partial charge in [-0.15, -0.1) is 0 Å². The van der Waals surface area contributed by atoms with Gasteiger partial charge in [0.15, 0.2) is 0 Å². The van der Waals surface area contributed by atoms with Crippen molar-refractivity contribution in [1.82, 2.24) is 10.9 Å². The van der Waals surface area contributed by atoms with E-state index >= 15 is 0 Å². The molecule has 0 bridgehead atoms. The van der Waals surface area contributed by atoms with Crippen LogP contribution in [0, 0.1) is 0 Å². The average Bonchev–Trinajstić information content (AvgIpc) is 1.90. The van der Waals surface area contributed by atoms with Crippen molar-refractivity contribution in [3.05, 3.63) is 0 Å². The Bertz CT molecular complexity index is 109. The van der Waals surface area contributed by atoms with Crippen molar-refractivity contribution in [2.75, 3.05) is 6.54 Å². The Kier molecular flexibility index (Phi) is 2.02. The second kappa shape index (κ2) is 2.80. The molecular weight excluding hydrogens is 118 g/mol. The van der Waals surface area contributed by atoms with Crippen LogP contribution in [-0.2, 0) is 4.79 Å². The number of nitrogens with zero attached hydrogens (tertiary/aromatic N) is 1. The van der Waals surface area contributed by atoms with Gasteiger partial charge in [0.05, 0.1) is 0 Å². The number of carbonyl (C=O) groups excluding carboxylic acids is 1. The fraction of sp³-hybridized carbons (Fsp3) is 0.800. The maximum absolute atomic E-state index is 10.4. The number of hydrogen-bond donors (Lipinski definition) is 2. The van der Waals surface area contributed by atoms with Crippen LogP contribution in [-0.4, -0.2) is 18.5 Å². The van der Waals surface area contributed by atoms with Crippen molar-refractivity contribution in [3.8, 4) is 0 Å². The first-order valence-corrected chi connectivity index (χ1v) is 3.03. The molecule has 1 unspecified atom stereocenters. The summed E-state index contributed by atoms with van der Waals surface area (Å²) in [5.41, 5.74) is 11.5. The van der Waals surface area contributed by atoms with Gasteiger partial charge in [-0.05, 0) is 12.8 Å². The smallest absolute Gasteiger partial charge is 0.237 e. The summed E-state index contributed by atoms with van der Waals surface area (Å²) < 4.78 is 0. The summed E-state index contributed by atoms with van der Waals surface area (Å²) in [7, 11) is 0. The standard InChI is InChI=1S/C5H10N3O/c6-5(9)4-2-1-3-7-8-4/h4,7H,1-3H2,(H2,6,9). The number of rotatable bonds is 1. The lowest BCUT2D eigenvalue weighted by Crippen LogP contribution is -2.46. The fourth-order valence-corrected chi connectivity index (χ4v) is 0.820. The van der Waals surface area contributed by atoms with Crippen LogP contribution in [0.2, 0.25) is 0 Å². The molecule has 0 spiro atoms. The molecule has 0 saturated carbocycles. The molecule has 1 aliphatic heterocycles. The van der Waals surface area contributed by atoms with Gasteiger partial charge in [-0.1, -0.05) is 0 Å². The molecule has 1 radical (unpaired) electrons. The number of hydrogen-bond acceptors (Lipinski definition) is 2. The van der Waals surface area contributed by atoms with Crippen LogP contribution in [0.1, 0.15) is 12.8 Å². The Balaban J connectivity index is 2.31. The second-order valence-electron chi connectivity index (χ2n) is 2.10. The van der Waals surface area contributed by atoms with Crippen LogP contribution in [0.4, 0.5) is 0 Å². The summed E-state index contributed by atoms with van der Waals surface area (Å²) in [6.45, 7) is 0.865. The van der Waals surface area contributed by atoms with Crippen LogP contribution in [0.15, 0.2) is 0 Å². The molecule has 4 heteroatoms. The monoisotopic (exact) mass is 128 g/mol. The molecule has 0 aromatic carbocycles. The van der Waals surface area contributed by atoms with Crippen molar-refractivity contribution >= 4 is 5.91 Å². The van der Waals surface area contributed by atoms with Crippen molar-refractivity contribution in [3.63, 3.8) is 0 Å². The summed E-state index contributed by atoms with van der Waals surface area (Å²) in [5, 5.41) is 0. The summed E-state index contributed by atoms with van der Waals surface area (Å²) in [4.78, 5) is 10.4. The number of carbonyl (C=O) groups is 1. The molecule has 1 atom stereocenters. The summed E-state index contributed by atoms with van der Waals surface area (Å²) in [5.74, 6) is -0.331. The highest BCUT2D eigenvalue weighted by Crippen LogP contribution is 1.99. The van der Waals surface area contributed by atoms with Gasteiger partial charge < -0.3 is 5.73 Å². The number of nitrogens with two attached hydrogens (primary N) is 1. The summed E-state index contributed by atoms with van der Waals surface area (Å²) in [6.07, 6.45) is 1.78. The molecule has 0 aromatic rings. The zero-order valence-electron chi connectivity index (χ0n) is 5.13. The van der Waals surface area contributed by atoms with E-state index in [4.69, 9.17) is 5.73 Å². The highest BCUT2D eigenvalue weighted by atomic mass is 16.1. The molecular formula is C5H10N3O. The lowest BCUT2D eigenvalue weighted by atomic mass is 10.1. The third kappa shape index (κ3) is 1.65. The largest absolute Gasteiger partial charge is 0.368 e. The molecule has 1 rings (SSSR count). The van der Waals surface area contributed by atoms with Crippen molar-refractivity contribution in [2.24, 2.45) is 5.73 Å². The molecule has 1 fully saturated rings. The Labute approximate surface area is 53.8 Å². The first-order valence-electron chi connectivity index (χ1n) is 3.03. The van der Waals surface area contributed by atoms with Crippen LogP contribution in [0.25, 0.3) is 0 Å². The van der Waals surface area contributed by atoms with E-state index in [0.29, 0.717) is 0 Å². The third-order valence-corrected chi connectivity index (χ3v) is 1.34. The first-order chi connectivity index (χ1) is 4.30. The van der Waals surface area contributed by atoms with Gasteiger partial charge in [0.1, 0.15) is 6.04 Å². The van der Waals surface area contributed by atoms with Gasteiger partial charge in [-0.2, -0.15) is 5.43 Å². The van der Waals surface area contributed by atoms with Gasteiger partial charge >= 0.3 is 0 Å². The zero-order chi connectivity index (χ0) is 6.69. The third-order valence-electron chi connectivity index (χ3n) is 1.34. The lowest BCUT2D eigenvalue weighted by molar-refractivity contribution is -0.120. The first kappa shape index (κ1) is 6.51. The quantitative estimate of drug-likeness (QED) is 0.463.